The Morgan fingerprint density at radius 1 is 1.04 bits per heavy atom. The van der Waals surface area contributed by atoms with Crippen molar-refractivity contribution in [3.63, 3.8) is 0 Å². The zero-order chi connectivity index (χ0) is 18.5. The molecule has 4 nitrogen and oxygen atoms in total. The molecule has 26 heavy (non-hydrogen) atoms. The van der Waals surface area contributed by atoms with Gasteiger partial charge in [-0.25, -0.2) is 9.37 Å². The lowest BCUT2D eigenvalue weighted by atomic mass is 9.92. The van der Waals surface area contributed by atoms with Gasteiger partial charge < -0.3 is 4.98 Å². The van der Waals surface area contributed by atoms with Crippen molar-refractivity contribution in [1.82, 2.24) is 19.7 Å². The monoisotopic (exact) mass is 348 g/mol. The Kier molecular flexibility index (Phi) is 3.68. The highest BCUT2D eigenvalue weighted by molar-refractivity contribution is 5.84. The van der Waals surface area contributed by atoms with E-state index in [0.29, 0.717) is 5.56 Å². The number of hydrogen-bond donors (Lipinski definition) is 1. The number of aromatic amines is 1. The molecule has 2 heterocycles. The first-order valence-electron chi connectivity index (χ1n) is 8.62. The van der Waals surface area contributed by atoms with Gasteiger partial charge in [-0.05, 0) is 29.8 Å². The van der Waals surface area contributed by atoms with E-state index in [0.717, 1.165) is 33.8 Å². The van der Waals surface area contributed by atoms with Gasteiger partial charge in [-0.3, -0.25) is 4.68 Å². The maximum absolute atomic E-state index is 14.1. The van der Waals surface area contributed by atoms with E-state index >= 15 is 0 Å². The fourth-order valence-corrected chi connectivity index (χ4v) is 3.05. The lowest BCUT2D eigenvalue weighted by molar-refractivity contribution is 0.553. The lowest BCUT2D eigenvalue weighted by Gasteiger charge is -2.13. The number of nitrogens with one attached hydrogen (secondary N) is 1. The third-order valence-electron chi connectivity index (χ3n) is 4.56. The fourth-order valence-electron chi connectivity index (χ4n) is 3.05. The summed E-state index contributed by atoms with van der Waals surface area (Å²) in [6.45, 7) is 6.41. The summed E-state index contributed by atoms with van der Waals surface area (Å²) in [5, 5.41) is 4.61. The Hall–Kier alpha value is -2.95. The largest absolute Gasteiger partial charge is 0.337 e. The second kappa shape index (κ2) is 5.80. The van der Waals surface area contributed by atoms with Gasteiger partial charge in [-0.1, -0.05) is 45.0 Å². The number of rotatable bonds is 2. The molecule has 0 fully saturated rings. The van der Waals surface area contributed by atoms with Crippen molar-refractivity contribution < 1.29 is 4.39 Å². The van der Waals surface area contributed by atoms with E-state index in [1.165, 1.54) is 6.07 Å². The van der Waals surface area contributed by atoms with Crippen molar-refractivity contribution in [1.29, 1.82) is 0 Å². The zero-order valence-electron chi connectivity index (χ0n) is 15.3. The third kappa shape index (κ3) is 2.79. The Balaban J connectivity index is 1.80. The van der Waals surface area contributed by atoms with Gasteiger partial charge in [0.25, 0.3) is 0 Å². The highest BCUT2D eigenvalue weighted by atomic mass is 19.1. The van der Waals surface area contributed by atoms with Crippen LogP contribution in [0.25, 0.3) is 33.7 Å². The smallest absolute Gasteiger partial charge is 0.156 e. The van der Waals surface area contributed by atoms with Crippen LogP contribution < -0.4 is 0 Å². The van der Waals surface area contributed by atoms with E-state index in [4.69, 9.17) is 4.98 Å². The molecular weight excluding hydrogens is 327 g/mol. The van der Waals surface area contributed by atoms with Crippen LogP contribution in [-0.2, 0) is 12.5 Å². The summed E-state index contributed by atoms with van der Waals surface area (Å²) in [4.78, 5) is 8.06. The molecule has 0 aliphatic heterocycles. The van der Waals surface area contributed by atoms with Gasteiger partial charge in [-0.2, -0.15) is 5.10 Å². The van der Waals surface area contributed by atoms with Gasteiger partial charge in [0, 0.05) is 18.0 Å². The van der Waals surface area contributed by atoms with E-state index in [2.05, 4.69) is 36.9 Å². The molecule has 2 aromatic carbocycles. The summed E-state index contributed by atoms with van der Waals surface area (Å²) in [6, 6.07) is 14.6. The quantitative estimate of drug-likeness (QED) is 0.550. The predicted octanol–water partition coefficient (Wildman–Crippen LogP) is 5.07. The van der Waals surface area contributed by atoms with Gasteiger partial charge in [0.1, 0.15) is 11.5 Å². The number of nitrogens with zero attached hydrogens (tertiary/aromatic N) is 3. The molecule has 1 N–H and O–H groups in total. The first-order valence-corrected chi connectivity index (χ1v) is 8.62. The Labute approximate surface area is 151 Å². The maximum Gasteiger partial charge on any atom is 0.156 e. The van der Waals surface area contributed by atoms with Crippen LogP contribution in [0.5, 0.6) is 0 Å². The summed E-state index contributed by atoms with van der Waals surface area (Å²) in [6.07, 6.45) is 0. The Bertz CT molecular complexity index is 1100. The third-order valence-corrected chi connectivity index (χ3v) is 4.56. The van der Waals surface area contributed by atoms with Crippen molar-refractivity contribution >= 4 is 11.0 Å². The number of imidazole rings is 1. The summed E-state index contributed by atoms with van der Waals surface area (Å²) >= 11 is 0. The van der Waals surface area contributed by atoms with E-state index in [1.54, 1.807) is 12.1 Å². The molecular formula is C21H21FN4. The maximum atomic E-state index is 14.1. The molecule has 0 aliphatic carbocycles. The van der Waals surface area contributed by atoms with Crippen LogP contribution in [-0.4, -0.2) is 19.7 Å². The number of H-pyrrole nitrogens is 1. The zero-order valence-corrected chi connectivity index (χ0v) is 15.3. The number of hydrogen-bond acceptors (Lipinski definition) is 2. The molecule has 0 saturated carbocycles. The molecule has 5 heteroatoms. The van der Waals surface area contributed by atoms with Crippen molar-refractivity contribution in [3.8, 4) is 22.6 Å². The molecule has 0 radical (unpaired) electrons. The molecule has 0 unspecified atom stereocenters. The number of fused-ring (bicyclic) bond motifs is 1. The van der Waals surface area contributed by atoms with Crippen LogP contribution in [0.1, 0.15) is 26.5 Å². The molecule has 132 valence electrons. The standard InChI is InChI=1S/C21H21FN4/c1-21(2,3)19-12-18(26(4)25-19)20-23-16-10-9-13(11-17(16)24-20)14-7-5-6-8-15(14)22/h5-12H,1-4H3,(H,23,24). The molecule has 0 aliphatic rings. The number of aromatic nitrogens is 4. The highest BCUT2D eigenvalue weighted by Crippen LogP contribution is 2.29. The summed E-state index contributed by atoms with van der Waals surface area (Å²) < 4.78 is 15.9. The van der Waals surface area contributed by atoms with Gasteiger partial charge in [0.2, 0.25) is 0 Å². The van der Waals surface area contributed by atoms with Crippen molar-refractivity contribution in [2.75, 3.05) is 0 Å². The van der Waals surface area contributed by atoms with Crippen LogP contribution in [0.15, 0.2) is 48.5 Å². The molecule has 4 aromatic rings. The lowest BCUT2D eigenvalue weighted by Crippen LogP contribution is -2.12. The molecule has 0 atom stereocenters. The SMILES string of the molecule is Cn1nc(C(C)(C)C)cc1-c1nc2cc(-c3ccccc3F)ccc2[nH]1. The number of benzene rings is 2. The summed E-state index contributed by atoms with van der Waals surface area (Å²) in [7, 11) is 1.92. The molecule has 4 rings (SSSR count). The van der Waals surface area contributed by atoms with Gasteiger partial charge in [-0.15, -0.1) is 0 Å². The van der Waals surface area contributed by atoms with Gasteiger partial charge in [0.15, 0.2) is 5.82 Å². The van der Waals surface area contributed by atoms with E-state index in [-0.39, 0.29) is 11.2 Å². The van der Waals surface area contributed by atoms with Crippen LogP contribution in [0.4, 0.5) is 4.39 Å². The van der Waals surface area contributed by atoms with E-state index in [9.17, 15) is 4.39 Å². The minimum Gasteiger partial charge on any atom is -0.337 e. The first-order chi connectivity index (χ1) is 12.3. The van der Waals surface area contributed by atoms with Crippen LogP contribution >= 0.6 is 0 Å². The van der Waals surface area contributed by atoms with E-state index in [1.807, 2.05) is 36.0 Å². The van der Waals surface area contributed by atoms with Crippen LogP contribution in [0, 0.1) is 5.82 Å². The number of aryl methyl sites for hydroxylation is 1. The van der Waals surface area contributed by atoms with Gasteiger partial charge >= 0.3 is 0 Å². The Morgan fingerprint density at radius 3 is 2.50 bits per heavy atom. The molecule has 0 spiro atoms. The van der Waals surface area contributed by atoms with Crippen molar-refractivity contribution in [3.05, 3.63) is 60.0 Å². The minimum absolute atomic E-state index is 0.0277. The van der Waals surface area contributed by atoms with Crippen LogP contribution in [0.3, 0.4) is 0 Å². The van der Waals surface area contributed by atoms with Crippen molar-refractivity contribution in [2.24, 2.45) is 7.05 Å². The molecule has 0 bridgehead atoms. The molecule has 0 saturated heterocycles. The Morgan fingerprint density at radius 2 is 1.81 bits per heavy atom. The topological polar surface area (TPSA) is 46.5 Å². The second-order valence-electron chi connectivity index (χ2n) is 7.59. The second-order valence-corrected chi connectivity index (χ2v) is 7.59. The minimum atomic E-state index is -0.232. The van der Waals surface area contributed by atoms with Gasteiger partial charge in [0.05, 0.1) is 16.7 Å². The average Bonchev–Trinajstić information content (AvgIpc) is 3.17. The summed E-state index contributed by atoms with van der Waals surface area (Å²) in [5.41, 5.74) is 5.03. The fraction of sp³-hybridized carbons (Fsp3) is 0.238. The number of halogens is 1. The molecule has 0 amide bonds. The first kappa shape index (κ1) is 16.5. The molecule has 2 aromatic heterocycles. The van der Waals surface area contributed by atoms with Crippen LogP contribution in [0.2, 0.25) is 0 Å². The highest BCUT2D eigenvalue weighted by Gasteiger charge is 2.20. The normalized spacial score (nSPS) is 12.0. The van der Waals surface area contributed by atoms with Crippen molar-refractivity contribution in [2.45, 2.75) is 26.2 Å². The average molecular weight is 348 g/mol. The predicted molar refractivity (Wildman–Crippen MR) is 102 cm³/mol. The summed E-state index contributed by atoms with van der Waals surface area (Å²) in [5.74, 6) is 0.528. The van der Waals surface area contributed by atoms with E-state index < -0.39 is 0 Å².